The molecule has 0 spiro atoms. The van der Waals surface area contributed by atoms with Crippen LogP contribution in [0, 0.1) is 0 Å². The predicted octanol–water partition coefficient (Wildman–Crippen LogP) is 15.8. The van der Waals surface area contributed by atoms with Gasteiger partial charge in [0.2, 0.25) is 0 Å². The molecule has 56 heavy (non-hydrogen) atoms. The van der Waals surface area contributed by atoms with Crippen molar-refractivity contribution in [3.63, 3.8) is 0 Å². The van der Waals surface area contributed by atoms with E-state index in [-0.39, 0.29) is 0 Å². The van der Waals surface area contributed by atoms with Crippen LogP contribution in [-0.2, 0) is 0 Å². The van der Waals surface area contributed by atoms with Gasteiger partial charge in [0, 0.05) is 0 Å². The van der Waals surface area contributed by atoms with E-state index in [1.165, 1.54) is 109 Å². The smallest absolute Gasteiger partial charge is 0.00257 e. The van der Waals surface area contributed by atoms with Crippen molar-refractivity contribution < 1.29 is 0 Å². The Labute approximate surface area is 326 Å². The summed E-state index contributed by atoms with van der Waals surface area (Å²) in [5.74, 6) is 0. The second-order valence-corrected chi connectivity index (χ2v) is 14.9. The van der Waals surface area contributed by atoms with E-state index in [4.69, 9.17) is 0 Å². The first-order valence-electron chi connectivity index (χ1n) is 19.4. The Kier molecular flexibility index (Phi) is 7.60. The third kappa shape index (κ3) is 5.54. The molecule has 260 valence electrons. The molecule has 0 atom stereocenters. The van der Waals surface area contributed by atoms with E-state index < -0.39 is 0 Å². The largest absolute Gasteiger partial charge is 0.0622 e. The standard InChI is InChI=1S/C56H36/c1-2-12-37(13-3-1)48-33-49(45-26-23-39-15-5-8-18-42(39)31-45)35-50(34-48)56-52-21-11-10-20-51(52)55(47-27-24-40-16-6-9-19-43(40)32-47)53-29-28-46(36-54(53)56)44-25-22-38-14-4-7-17-41(38)30-44/h1-36H. The van der Waals surface area contributed by atoms with E-state index in [1.54, 1.807) is 0 Å². The van der Waals surface area contributed by atoms with Crippen LogP contribution in [0.15, 0.2) is 218 Å². The van der Waals surface area contributed by atoms with Crippen molar-refractivity contribution in [3.8, 4) is 55.6 Å². The average molecular weight is 709 g/mol. The lowest BCUT2D eigenvalue weighted by Gasteiger charge is -2.20. The molecule has 0 heterocycles. The van der Waals surface area contributed by atoms with Gasteiger partial charge in [0.15, 0.2) is 0 Å². The quantitative estimate of drug-likeness (QED) is 0.156. The first-order valence-corrected chi connectivity index (χ1v) is 19.4. The molecular weight excluding hydrogens is 673 g/mol. The van der Waals surface area contributed by atoms with E-state index in [2.05, 4.69) is 218 Å². The van der Waals surface area contributed by atoms with Crippen LogP contribution in [0.4, 0.5) is 0 Å². The van der Waals surface area contributed by atoms with Gasteiger partial charge in [0.25, 0.3) is 0 Å². The van der Waals surface area contributed by atoms with Crippen molar-refractivity contribution >= 4 is 53.9 Å². The second kappa shape index (κ2) is 13.2. The van der Waals surface area contributed by atoms with Gasteiger partial charge in [-0.05, 0) is 152 Å². The zero-order valence-corrected chi connectivity index (χ0v) is 30.8. The van der Waals surface area contributed by atoms with Crippen LogP contribution in [0.3, 0.4) is 0 Å². The molecule has 0 saturated heterocycles. The highest BCUT2D eigenvalue weighted by Gasteiger charge is 2.19. The fourth-order valence-corrected chi connectivity index (χ4v) is 8.80. The normalized spacial score (nSPS) is 11.6. The summed E-state index contributed by atoms with van der Waals surface area (Å²) in [4.78, 5) is 0. The Bertz CT molecular complexity index is 3300. The van der Waals surface area contributed by atoms with E-state index in [9.17, 15) is 0 Å². The van der Waals surface area contributed by atoms with Crippen LogP contribution in [0.5, 0.6) is 0 Å². The molecule has 0 saturated carbocycles. The second-order valence-electron chi connectivity index (χ2n) is 14.9. The van der Waals surface area contributed by atoms with E-state index in [0.29, 0.717) is 0 Å². The Hall–Kier alpha value is -7.28. The SMILES string of the molecule is c1ccc(-c2cc(-c3ccc4ccccc4c3)cc(-c3c4ccccc4c(-c4ccc5ccccc5c4)c4ccc(-c5ccc6ccccc6c5)cc34)c2)cc1. The fraction of sp³-hybridized carbons (Fsp3) is 0. The summed E-state index contributed by atoms with van der Waals surface area (Å²) in [7, 11) is 0. The van der Waals surface area contributed by atoms with E-state index in [0.717, 1.165) is 0 Å². The molecule has 0 bridgehead atoms. The maximum Gasteiger partial charge on any atom is -0.00257 e. The molecule has 0 aliphatic carbocycles. The highest BCUT2D eigenvalue weighted by atomic mass is 14.2. The number of hydrogen-bond acceptors (Lipinski definition) is 0. The first kappa shape index (κ1) is 32.2. The molecule has 0 aliphatic rings. The Morgan fingerprint density at radius 2 is 0.536 bits per heavy atom. The summed E-state index contributed by atoms with van der Waals surface area (Å²) in [5.41, 5.74) is 12.2. The molecule has 11 aromatic rings. The molecular formula is C56H36. The minimum atomic E-state index is 1.20. The maximum atomic E-state index is 2.44. The van der Waals surface area contributed by atoms with E-state index >= 15 is 0 Å². The van der Waals surface area contributed by atoms with Crippen LogP contribution < -0.4 is 0 Å². The third-order valence-corrected chi connectivity index (χ3v) is 11.6. The minimum absolute atomic E-state index is 1.20. The van der Waals surface area contributed by atoms with Crippen molar-refractivity contribution in [3.05, 3.63) is 218 Å². The molecule has 0 radical (unpaired) electrons. The molecule has 11 rings (SSSR count). The van der Waals surface area contributed by atoms with Gasteiger partial charge in [-0.15, -0.1) is 0 Å². The van der Waals surface area contributed by atoms with Crippen molar-refractivity contribution in [2.24, 2.45) is 0 Å². The Morgan fingerprint density at radius 3 is 1.12 bits per heavy atom. The summed E-state index contributed by atoms with van der Waals surface area (Å²) < 4.78 is 0. The molecule has 0 nitrogen and oxygen atoms in total. The number of rotatable bonds is 5. The molecule has 11 aromatic carbocycles. The summed E-state index contributed by atoms with van der Waals surface area (Å²) in [5, 5.41) is 12.5. The van der Waals surface area contributed by atoms with Gasteiger partial charge < -0.3 is 0 Å². The summed E-state index contributed by atoms with van der Waals surface area (Å²) in [6, 6.07) is 80.7. The van der Waals surface area contributed by atoms with E-state index in [1.807, 2.05) is 0 Å². The van der Waals surface area contributed by atoms with Crippen LogP contribution in [0.2, 0.25) is 0 Å². The van der Waals surface area contributed by atoms with Crippen molar-refractivity contribution in [2.75, 3.05) is 0 Å². The van der Waals surface area contributed by atoms with Crippen LogP contribution in [-0.4, -0.2) is 0 Å². The lowest BCUT2D eigenvalue weighted by atomic mass is 9.83. The molecule has 0 aromatic heterocycles. The predicted molar refractivity (Wildman–Crippen MR) is 241 cm³/mol. The highest BCUT2D eigenvalue weighted by Crippen LogP contribution is 2.47. The molecule has 0 fully saturated rings. The van der Waals surface area contributed by atoms with Crippen molar-refractivity contribution in [2.45, 2.75) is 0 Å². The highest BCUT2D eigenvalue weighted by molar-refractivity contribution is 6.22. The molecule has 0 amide bonds. The van der Waals surface area contributed by atoms with Gasteiger partial charge in [-0.25, -0.2) is 0 Å². The van der Waals surface area contributed by atoms with Crippen molar-refractivity contribution in [1.82, 2.24) is 0 Å². The lowest BCUT2D eigenvalue weighted by Crippen LogP contribution is -1.93. The Balaban J connectivity index is 1.24. The number of hydrogen-bond donors (Lipinski definition) is 0. The molecule has 0 heteroatoms. The maximum absolute atomic E-state index is 2.44. The summed E-state index contributed by atoms with van der Waals surface area (Å²) in [6.45, 7) is 0. The van der Waals surface area contributed by atoms with Crippen molar-refractivity contribution in [1.29, 1.82) is 0 Å². The van der Waals surface area contributed by atoms with Gasteiger partial charge >= 0.3 is 0 Å². The van der Waals surface area contributed by atoms with Gasteiger partial charge in [-0.2, -0.15) is 0 Å². The lowest BCUT2D eigenvalue weighted by molar-refractivity contribution is 1.59. The monoisotopic (exact) mass is 708 g/mol. The fourth-order valence-electron chi connectivity index (χ4n) is 8.80. The van der Waals surface area contributed by atoms with Gasteiger partial charge in [0.05, 0.1) is 0 Å². The minimum Gasteiger partial charge on any atom is -0.0622 e. The molecule has 0 N–H and O–H groups in total. The summed E-state index contributed by atoms with van der Waals surface area (Å²) in [6.07, 6.45) is 0. The summed E-state index contributed by atoms with van der Waals surface area (Å²) >= 11 is 0. The number of fused-ring (bicyclic) bond motifs is 5. The zero-order valence-electron chi connectivity index (χ0n) is 30.8. The van der Waals surface area contributed by atoms with Crippen LogP contribution in [0.1, 0.15) is 0 Å². The molecule has 0 aliphatic heterocycles. The van der Waals surface area contributed by atoms with Crippen LogP contribution >= 0.6 is 0 Å². The third-order valence-electron chi connectivity index (χ3n) is 11.6. The van der Waals surface area contributed by atoms with Crippen LogP contribution in [0.25, 0.3) is 109 Å². The Morgan fingerprint density at radius 1 is 0.161 bits per heavy atom. The van der Waals surface area contributed by atoms with Gasteiger partial charge in [-0.1, -0.05) is 176 Å². The first-order chi connectivity index (χ1) is 27.7. The average Bonchev–Trinajstić information content (AvgIpc) is 3.27. The zero-order chi connectivity index (χ0) is 37.0. The van der Waals surface area contributed by atoms with Gasteiger partial charge in [-0.3, -0.25) is 0 Å². The number of benzene rings is 11. The van der Waals surface area contributed by atoms with Gasteiger partial charge in [0.1, 0.15) is 0 Å². The topological polar surface area (TPSA) is 0 Å². The molecule has 0 unspecified atom stereocenters.